The Balaban J connectivity index is 1.80. The largest absolute Gasteiger partial charge is 0.354 e. The molecule has 0 bridgehead atoms. The fourth-order valence-corrected chi connectivity index (χ4v) is 3.22. The van der Waals surface area contributed by atoms with Crippen molar-refractivity contribution in [2.75, 3.05) is 11.9 Å². The number of aromatic nitrogens is 4. The first kappa shape index (κ1) is 16.3. The Kier molecular flexibility index (Phi) is 4.71. The Bertz CT molecular complexity index is 884. The lowest BCUT2D eigenvalue weighted by atomic mass is 10.2. The van der Waals surface area contributed by atoms with Gasteiger partial charge in [0.15, 0.2) is 0 Å². The van der Waals surface area contributed by atoms with Crippen LogP contribution >= 0.6 is 11.3 Å². The number of aryl methyl sites for hydroxylation is 2. The molecule has 0 aliphatic heterocycles. The van der Waals surface area contributed by atoms with E-state index < -0.39 is 0 Å². The molecule has 0 fully saturated rings. The molecule has 0 aromatic carbocycles. The number of hydrogen-bond donors (Lipinski definition) is 1. The van der Waals surface area contributed by atoms with Crippen LogP contribution in [0, 0.1) is 6.92 Å². The van der Waals surface area contributed by atoms with Crippen molar-refractivity contribution in [2.45, 2.75) is 26.8 Å². The minimum absolute atomic E-state index is 0.140. The Labute approximate surface area is 144 Å². The SMILES string of the molecule is CCc1cc(=O)[nH]c(-c2ccc(N(C)Cc3cnc(C)s3)nc2)n1. The summed E-state index contributed by atoms with van der Waals surface area (Å²) in [7, 11) is 1.99. The number of anilines is 1. The average Bonchev–Trinajstić information content (AvgIpc) is 2.99. The van der Waals surface area contributed by atoms with E-state index in [4.69, 9.17) is 0 Å². The molecule has 0 saturated carbocycles. The molecule has 0 atom stereocenters. The molecule has 6 nitrogen and oxygen atoms in total. The molecule has 124 valence electrons. The second kappa shape index (κ2) is 6.92. The van der Waals surface area contributed by atoms with Crippen LogP contribution in [0.5, 0.6) is 0 Å². The molecule has 3 aromatic rings. The molecule has 24 heavy (non-hydrogen) atoms. The molecular weight excluding hydrogens is 322 g/mol. The lowest BCUT2D eigenvalue weighted by Gasteiger charge is -2.17. The van der Waals surface area contributed by atoms with Gasteiger partial charge < -0.3 is 9.88 Å². The Morgan fingerprint density at radius 2 is 2.08 bits per heavy atom. The third-order valence-electron chi connectivity index (χ3n) is 3.63. The number of nitrogens with one attached hydrogen (secondary N) is 1. The van der Waals surface area contributed by atoms with Crippen molar-refractivity contribution in [3.05, 3.63) is 56.5 Å². The smallest absolute Gasteiger partial charge is 0.251 e. The van der Waals surface area contributed by atoms with Gasteiger partial charge in [-0.2, -0.15) is 0 Å². The highest BCUT2D eigenvalue weighted by Gasteiger charge is 2.08. The summed E-state index contributed by atoms with van der Waals surface area (Å²) in [6.45, 7) is 4.74. The van der Waals surface area contributed by atoms with Crippen molar-refractivity contribution >= 4 is 17.2 Å². The lowest BCUT2D eigenvalue weighted by molar-refractivity contribution is 0.909. The van der Waals surface area contributed by atoms with Crippen molar-refractivity contribution in [1.82, 2.24) is 19.9 Å². The van der Waals surface area contributed by atoms with E-state index in [1.165, 1.54) is 10.9 Å². The zero-order valence-electron chi connectivity index (χ0n) is 13.9. The van der Waals surface area contributed by atoms with Gasteiger partial charge in [-0.1, -0.05) is 6.92 Å². The minimum atomic E-state index is -0.140. The van der Waals surface area contributed by atoms with Gasteiger partial charge in [0, 0.05) is 41.6 Å². The number of pyridine rings is 1. The predicted octanol–water partition coefficient (Wildman–Crippen LogP) is 2.80. The van der Waals surface area contributed by atoms with Crippen LogP contribution in [0.1, 0.15) is 22.5 Å². The van der Waals surface area contributed by atoms with E-state index >= 15 is 0 Å². The molecule has 3 aromatic heterocycles. The summed E-state index contributed by atoms with van der Waals surface area (Å²) in [5.74, 6) is 1.41. The first-order valence-electron chi connectivity index (χ1n) is 7.74. The number of hydrogen-bond acceptors (Lipinski definition) is 6. The van der Waals surface area contributed by atoms with Gasteiger partial charge in [-0.15, -0.1) is 11.3 Å². The maximum Gasteiger partial charge on any atom is 0.251 e. The normalized spacial score (nSPS) is 10.8. The monoisotopic (exact) mass is 341 g/mol. The van der Waals surface area contributed by atoms with E-state index in [0.29, 0.717) is 5.82 Å². The lowest BCUT2D eigenvalue weighted by Crippen LogP contribution is -2.17. The van der Waals surface area contributed by atoms with Crippen molar-refractivity contribution < 1.29 is 0 Å². The molecule has 0 spiro atoms. The zero-order chi connectivity index (χ0) is 17.1. The van der Waals surface area contributed by atoms with Crippen LogP contribution in [0.25, 0.3) is 11.4 Å². The maximum atomic E-state index is 11.7. The summed E-state index contributed by atoms with van der Waals surface area (Å²) in [6.07, 6.45) is 4.36. The van der Waals surface area contributed by atoms with Crippen LogP contribution in [0.3, 0.4) is 0 Å². The summed E-state index contributed by atoms with van der Waals surface area (Å²) in [5, 5.41) is 1.06. The van der Waals surface area contributed by atoms with Gasteiger partial charge >= 0.3 is 0 Å². The molecule has 1 N–H and O–H groups in total. The van der Waals surface area contributed by atoms with Crippen molar-refractivity contribution in [3.8, 4) is 11.4 Å². The number of nitrogens with zero attached hydrogens (tertiary/aromatic N) is 4. The van der Waals surface area contributed by atoms with Crippen molar-refractivity contribution in [3.63, 3.8) is 0 Å². The predicted molar refractivity (Wildman–Crippen MR) is 96.4 cm³/mol. The number of aromatic amines is 1. The second-order valence-corrected chi connectivity index (χ2v) is 6.86. The van der Waals surface area contributed by atoms with Crippen LogP contribution in [-0.2, 0) is 13.0 Å². The number of thiazole rings is 1. The molecule has 0 radical (unpaired) electrons. The van der Waals surface area contributed by atoms with Crippen LogP contribution in [0.4, 0.5) is 5.82 Å². The second-order valence-electron chi connectivity index (χ2n) is 5.55. The van der Waals surface area contributed by atoms with Gasteiger partial charge in [0.25, 0.3) is 5.56 Å². The van der Waals surface area contributed by atoms with Gasteiger partial charge in [0.1, 0.15) is 11.6 Å². The number of rotatable bonds is 5. The minimum Gasteiger partial charge on any atom is -0.354 e. The first-order valence-corrected chi connectivity index (χ1v) is 8.56. The molecule has 7 heteroatoms. The van der Waals surface area contributed by atoms with E-state index in [0.717, 1.165) is 35.0 Å². The maximum absolute atomic E-state index is 11.7. The van der Waals surface area contributed by atoms with Crippen LogP contribution in [0.2, 0.25) is 0 Å². The van der Waals surface area contributed by atoms with E-state index in [1.807, 2.05) is 39.2 Å². The standard InChI is InChI=1S/C17H19N5OS/c1-4-13-7-16(23)21-17(20-13)12-5-6-15(19-8-12)22(3)10-14-9-18-11(2)24-14/h5-9H,4,10H2,1-3H3,(H,20,21,23). The molecule has 0 aliphatic carbocycles. The highest BCUT2D eigenvalue weighted by molar-refractivity contribution is 7.11. The summed E-state index contributed by atoms with van der Waals surface area (Å²) >= 11 is 1.69. The quantitative estimate of drug-likeness (QED) is 0.772. The van der Waals surface area contributed by atoms with Crippen molar-refractivity contribution in [2.24, 2.45) is 0 Å². The zero-order valence-corrected chi connectivity index (χ0v) is 14.7. The third kappa shape index (κ3) is 3.68. The first-order chi connectivity index (χ1) is 11.5. The fourth-order valence-electron chi connectivity index (χ4n) is 2.37. The fraction of sp³-hybridized carbons (Fsp3) is 0.294. The van der Waals surface area contributed by atoms with E-state index in [1.54, 1.807) is 17.5 Å². The molecule has 0 saturated heterocycles. The van der Waals surface area contributed by atoms with Gasteiger partial charge in [-0.05, 0) is 25.5 Å². The summed E-state index contributed by atoms with van der Waals surface area (Å²) in [6, 6.07) is 5.38. The molecule has 0 aliphatic rings. The Hall–Kier alpha value is -2.54. The van der Waals surface area contributed by atoms with Crippen LogP contribution in [-0.4, -0.2) is 27.0 Å². The van der Waals surface area contributed by atoms with Gasteiger partial charge in [0.2, 0.25) is 0 Å². The summed E-state index contributed by atoms with van der Waals surface area (Å²) in [4.78, 5) is 30.9. The Morgan fingerprint density at radius 3 is 2.71 bits per heavy atom. The highest BCUT2D eigenvalue weighted by atomic mass is 32.1. The van der Waals surface area contributed by atoms with Crippen molar-refractivity contribution in [1.29, 1.82) is 0 Å². The average molecular weight is 341 g/mol. The molecule has 3 heterocycles. The van der Waals surface area contributed by atoms with E-state index in [9.17, 15) is 4.79 Å². The topological polar surface area (TPSA) is 74.8 Å². The third-order valence-corrected chi connectivity index (χ3v) is 4.53. The van der Waals surface area contributed by atoms with Gasteiger partial charge in [-0.3, -0.25) is 4.79 Å². The molecule has 0 amide bonds. The van der Waals surface area contributed by atoms with Crippen LogP contribution in [0.15, 0.2) is 35.4 Å². The van der Waals surface area contributed by atoms with Gasteiger partial charge in [-0.25, -0.2) is 15.0 Å². The van der Waals surface area contributed by atoms with Gasteiger partial charge in [0.05, 0.1) is 11.6 Å². The highest BCUT2D eigenvalue weighted by Crippen LogP contribution is 2.20. The molecule has 0 unspecified atom stereocenters. The molecular formula is C17H19N5OS. The van der Waals surface area contributed by atoms with E-state index in [-0.39, 0.29) is 5.56 Å². The summed E-state index contributed by atoms with van der Waals surface area (Å²) < 4.78 is 0. The van der Waals surface area contributed by atoms with E-state index in [2.05, 4.69) is 24.8 Å². The van der Waals surface area contributed by atoms with Crippen LogP contribution < -0.4 is 10.5 Å². The molecule has 3 rings (SSSR count). The summed E-state index contributed by atoms with van der Waals surface area (Å²) in [5.41, 5.74) is 1.43. The number of H-pyrrole nitrogens is 1. The Morgan fingerprint density at radius 1 is 1.25 bits per heavy atom.